The number of amides is 3. The maximum Gasteiger partial charge on any atom is 0.328 e. The number of carbonyl (C=O) groups is 4. The van der Waals surface area contributed by atoms with E-state index < -0.39 is 54.5 Å². The second kappa shape index (κ2) is 15.5. The van der Waals surface area contributed by atoms with Gasteiger partial charge in [0.25, 0.3) is 0 Å². The van der Waals surface area contributed by atoms with Gasteiger partial charge in [0.15, 0.2) is 0 Å². The van der Waals surface area contributed by atoms with Gasteiger partial charge in [0, 0.05) is 0 Å². The van der Waals surface area contributed by atoms with Crippen molar-refractivity contribution in [3.05, 3.63) is 0 Å². The molecule has 0 saturated heterocycles. The fourth-order valence-corrected chi connectivity index (χ4v) is 3.09. The minimum atomic E-state index is -1.48. The van der Waals surface area contributed by atoms with Gasteiger partial charge in [-0.2, -0.15) is 0 Å². The van der Waals surface area contributed by atoms with Crippen molar-refractivity contribution < 1.29 is 29.4 Å². The molecule has 0 saturated carbocycles. The van der Waals surface area contributed by atoms with E-state index in [1.54, 1.807) is 0 Å². The molecule has 4 unspecified atom stereocenters. The normalized spacial score (nSPS) is 15.0. The number of nitrogens with two attached hydrogens (primary N) is 2. The van der Waals surface area contributed by atoms with Gasteiger partial charge in [-0.25, -0.2) is 4.79 Å². The molecule has 0 aromatic carbocycles. The lowest BCUT2D eigenvalue weighted by Gasteiger charge is -2.26. The maximum atomic E-state index is 13.0. The first kappa shape index (κ1) is 29.8. The van der Waals surface area contributed by atoms with E-state index in [1.165, 1.54) is 0 Å². The molecule has 0 aliphatic heterocycles. The van der Waals surface area contributed by atoms with Crippen LogP contribution >= 0.6 is 0 Å². The molecule has 0 aliphatic carbocycles. The molecule has 0 bridgehead atoms. The molecule has 0 rings (SSSR count). The Bertz CT molecular complexity index is 613. The van der Waals surface area contributed by atoms with Crippen LogP contribution in [0.4, 0.5) is 0 Å². The number of carboxylic acid groups (broad SMARTS) is 1. The number of rotatable bonds is 16. The summed E-state index contributed by atoms with van der Waals surface area (Å²) in [7, 11) is 0. The topological polar surface area (TPSA) is 197 Å². The van der Waals surface area contributed by atoms with Crippen LogP contribution in [0.3, 0.4) is 0 Å². The van der Waals surface area contributed by atoms with Crippen LogP contribution in [0.25, 0.3) is 0 Å². The van der Waals surface area contributed by atoms with E-state index in [9.17, 15) is 19.2 Å². The van der Waals surface area contributed by atoms with Crippen LogP contribution in [-0.4, -0.2) is 71.2 Å². The third-order valence-corrected chi connectivity index (χ3v) is 4.78. The third-order valence-electron chi connectivity index (χ3n) is 4.78. The predicted octanol–water partition coefficient (Wildman–Crippen LogP) is -0.934. The van der Waals surface area contributed by atoms with Crippen molar-refractivity contribution in [1.29, 1.82) is 0 Å². The Balaban J connectivity index is 5.40. The zero-order valence-corrected chi connectivity index (χ0v) is 19.6. The van der Waals surface area contributed by atoms with Gasteiger partial charge < -0.3 is 37.6 Å². The first-order chi connectivity index (χ1) is 14.9. The molecule has 0 heterocycles. The molecule has 186 valence electrons. The minimum absolute atomic E-state index is 0.00759. The standard InChI is InChI=1S/C21H41N5O6/c1-12(2)9-14(23)18(28)24-15(7-5-6-8-22)19(29)25-16(10-13(3)4)20(30)26-17(11-27)21(31)32/h12-17,27H,5-11,22-23H2,1-4H3,(H,24,28)(H,25,29)(H,26,30)(H,31,32). The summed E-state index contributed by atoms with van der Waals surface area (Å²) in [6, 6.07) is -4.20. The van der Waals surface area contributed by atoms with Gasteiger partial charge in [0.2, 0.25) is 17.7 Å². The van der Waals surface area contributed by atoms with Gasteiger partial charge in [0.1, 0.15) is 18.1 Å². The van der Waals surface area contributed by atoms with Crippen LogP contribution < -0.4 is 27.4 Å². The molecule has 0 aromatic rings. The average molecular weight is 460 g/mol. The van der Waals surface area contributed by atoms with Gasteiger partial charge in [0.05, 0.1) is 12.6 Å². The summed E-state index contributed by atoms with van der Waals surface area (Å²) in [6.45, 7) is 7.21. The van der Waals surface area contributed by atoms with Crippen LogP contribution in [0.1, 0.15) is 59.8 Å². The lowest BCUT2D eigenvalue weighted by Crippen LogP contribution is -2.57. The second-order valence-corrected chi connectivity index (χ2v) is 8.85. The molecular weight excluding hydrogens is 418 g/mol. The fourth-order valence-electron chi connectivity index (χ4n) is 3.09. The van der Waals surface area contributed by atoms with E-state index in [1.807, 2.05) is 27.7 Å². The van der Waals surface area contributed by atoms with Gasteiger partial charge >= 0.3 is 5.97 Å². The van der Waals surface area contributed by atoms with Gasteiger partial charge in [-0.05, 0) is 50.5 Å². The summed E-state index contributed by atoms with van der Waals surface area (Å²) in [5, 5.41) is 25.7. The van der Waals surface area contributed by atoms with E-state index in [0.717, 1.165) is 0 Å². The van der Waals surface area contributed by atoms with Crippen molar-refractivity contribution in [2.45, 2.75) is 84.0 Å². The first-order valence-corrected chi connectivity index (χ1v) is 11.1. The number of hydrogen-bond acceptors (Lipinski definition) is 7. The Morgan fingerprint density at radius 1 is 0.781 bits per heavy atom. The highest BCUT2D eigenvalue weighted by Crippen LogP contribution is 2.09. The molecule has 11 nitrogen and oxygen atoms in total. The molecule has 0 aromatic heterocycles. The number of aliphatic carboxylic acids is 1. The van der Waals surface area contributed by atoms with Crippen LogP contribution in [0.5, 0.6) is 0 Å². The van der Waals surface area contributed by atoms with Crippen LogP contribution in [-0.2, 0) is 19.2 Å². The summed E-state index contributed by atoms with van der Waals surface area (Å²) >= 11 is 0. The number of carboxylic acids is 1. The zero-order chi connectivity index (χ0) is 24.8. The lowest BCUT2D eigenvalue weighted by atomic mass is 10.0. The van der Waals surface area contributed by atoms with Crippen LogP contribution in [0.2, 0.25) is 0 Å². The number of aliphatic hydroxyl groups excluding tert-OH is 1. The SMILES string of the molecule is CC(C)CC(N)C(=O)NC(CCCCN)C(=O)NC(CC(C)C)C(=O)NC(CO)C(=O)O. The monoisotopic (exact) mass is 459 g/mol. The van der Waals surface area contributed by atoms with E-state index >= 15 is 0 Å². The number of unbranched alkanes of at least 4 members (excludes halogenated alkanes) is 1. The minimum Gasteiger partial charge on any atom is -0.480 e. The molecule has 9 N–H and O–H groups in total. The highest BCUT2D eigenvalue weighted by Gasteiger charge is 2.30. The Labute approximate surface area is 190 Å². The van der Waals surface area contributed by atoms with Crippen molar-refractivity contribution >= 4 is 23.7 Å². The predicted molar refractivity (Wildman–Crippen MR) is 120 cm³/mol. The number of hydrogen-bond donors (Lipinski definition) is 7. The molecule has 0 spiro atoms. The molecule has 11 heteroatoms. The number of aliphatic hydroxyl groups is 1. The van der Waals surface area contributed by atoms with Crippen molar-refractivity contribution in [2.24, 2.45) is 23.3 Å². The Hall–Kier alpha value is -2.24. The summed E-state index contributed by atoms with van der Waals surface area (Å²) in [6.07, 6.45) is 2.25. The fraction of sp³-hybridized carbons (Fsp3) is 0.810. The highest BCUT2D eigenvalue weighted by molar-refractivity contribution is 5.94. The van der Waals surface area contributed by atoms with E-state index in [2.05, 4.69) is 16.0 Å². The van der Waals surface area contributed by atoms with Crippen molar-refractivity contribution in [3.8, 4) is 0 Å². The Morgan fingerprint density at radius 2 is 1.28 bits per heavy atom. The van der Waals surface area contributed by atoms with E-state index in [-0.39, 0.29) is 18.3 Å². The molecule has 0 radical (unpaired) electrons. The van der Waals surface area contributed by atoms with E-state index in [0.29, 0.717) is 32.2 Å². The van der Waals surface area contributed by atoms with Gasteiger partial charge in [-0.1, -0.05) is 27.7 Å². The molecule has 3 amide bonds. The zero-order valence-electron chi connectivity index (χ0n) is 19.6. The van der Waals surface area contributed by atoms with Crippen LogP contribution in [0, 0.1) is 11.8 Å². The Morgan fingerprint density at radius 3 is 1.75 bits per heavy atom. The molecule has 0 aliphatic rings. The van der Waals surface area contributed by atoms with E-state index in [4.69, 9.17) is 21.7 Å². The van der Waals surface area contributed by atoms with Crippen LogP contribution in [0.15, 0.2) is 0 Å². The number of carbonyl (C=O) groups excluding carboxylic acids is 3. The van der Waals surface area contributed by atoms with Crippen molar-refractivity contribution in [2.75, 3.05) is 13.2 Å². The molecule has 0 fully saturated rings. The summed E-state index contributed by atoms with van der Waals surface area (Å²) in [5.41, 5.74) is 11.5. The summed E-state index contributed by atoms with van der Waals surface area (Å²) in [4.78, 5) is 49.1. The van der Waals surface area contributed by atoms with Crippen molar-refractivity contribution in [1.82, 2.24) is 16.0 Å². The number of nitrogens with one attached hydrogen (secondary N) is 3. The first-order valence-electron chi connectivity index (χ1n) is 11.1. The van der Waals surface area contributed by atoms with Gasteiger partial charge in [-0.3, -0.25) is 14.4 Å². The molecule has 32 heavy (non-hydrogen) atoms. The Kier molecular flexibility index (Phi) is 14.5. The van der Waals surface area contributed by atoms with Crippen molar-refractivity contribution in [3.63, 3.8) is 0 Å². The average Bonchev–Trinajstić information content (AvgIpc) is 2.69. The smallest absolute Gasteiger partial charge is 0.328 e. The molecule has 4 atom stereocenters. The highest BCUT2D eigenvalue weighted by atomic mass is 16.4. The second-order valence-electron chi connectivity index (χ2n) is 8.85. The maximum absolute atomic E-state index is 13.0. The lowest BCUT2D eigenvalue weighted by molar-refractivity contribution is -0.143. The summed E-state index contributed by atoms with van der Waals surface area (Å²) < 4.78 is 0. The summed E-state index contributed by atoms with van der Waals surface area (Å²) in [5.74, 6) is -2.92. The molecular formula is C21H41N5O6. The van der Waals surface area contributed by atoms with Gasteiger partial charge in [-0.15, -0.1) is 0 Å². The third kappa shape index (κ3) is 12.0. The largest absolute Gasteiger partial charge is 0.480 e. The quantitative estimate of drug-likeness (QED) is 0.144.